The molecule has 36 heavy (non-hydrogen) atoms. The Morgan fingerprint density at radius 1 is 1.03 bits per heavy atom. The maximum absolute atomic E-state index is 11.6. The van der Waals surface area contributed by atoms with Gasteiger partial charge in [-0.2, -0.15) is 0 Å². The number of aromatic nitrogens is 4. The van der Waals surface area contributed by atoms with E-state index in [1.54, 1.807) is 0 Å². The average molecular weight is 477 g/mol. The Labute approximate surface area is 209 Å². The Hall–Kier alpha value is -4.19. The van der Waals surface area contributed by atoms with E-state index in [2.05, 4.69) is 89.2 Å². The molecule has 1 aliphatic rings. The number of imidazole rings is 1. The van der Waals surface area contributed by atoms with Gasteiger partial charge in [-0.1, -0.05) is 66.7 Å². The minimum absolute atomic E-state index is 0.422. The molecule has 0 saturated carbocycles. The number of nitrogens with zero attached hydrogens (tertiary/aromatic N) is 3. The minimum atomic E-state index is -0.551. The van der Waals surface area contributed by atoms with Crippen LogP contribution in [-0.2, 0) is 25.8 Å². The van der Waals surface area contributed by atoms with Crippen molar-refractivity contribution < 1.29 is 4.52 Å². The normalized spacial score (nSPS) is 14.1. The first-order chi connectivity index (χ1) is 17.6. The number of rotatable bonds is 5. The van der Waals surface area contributed by atoms with Crippen molar-refractivity contribution in [1.29, 1.82) is 0 Å². The van der Waals surface area contributed by atoms with E-state index in [0.29, 0.717) is 5.82 Å². The molecule has 6 nitrogen and oxygen atoms in total. The summed E-state index contributed by atoms with van der Waals surface area (Å²) in [6.45, 7) is 5.11. The number of aryl methyl sites for hydroxylation is 4. The standard InChI is InChI=1S/C30H28N4O2/c1-3-7-28-32-29-19(2)8-6-11-26(29)34(28)18-20-12-15-24-22(16-20)14-13-21-9-4-5-10-23(21)25(24)17-27-31-30(35)36-33-27/h4-6,8-12,15-17H,3,7,13-14,18H2,1-2H3,(H,31,33,35)/b25-17-. The molecule has 0 amide bonds. The highest BCUT2D eigenvalue weighted by Crippen LogP contribution is 2.35. The Kier molecular flexibility index (Phi) is 5.64. The predicted octanol–water partition coefficient (Wildman–Crippen LogP) is 5.71. The second-order valence-electron chi connectivity index (χ2n) is 9.49. The number of nitrogens with one attached hydrogen (secondary N) is 1. The summed E-state index contributed by atoms with van der Waals surface area (Å²) in [5.41, 5.74) is 10.7. The summed E-state index contributed by atoms with van der Waals surface area (Å²) in [4.78, 5) is 19.2. The fourth-order valence-corrected chi connectivity index (χ4v) is 5.33. The third kappa shape index (κ3) is 3.98. The molecule has 6 heteroatoms. The molecular formula is C30H28N4O2. The van der Waals surface area contributed by atoms with Crippen LogP contribution < -0.4 is 5.76 Å². The van der Waals surface area contributed by atoms with Crippen LogP contribution in [0.3, 0.4) is 0 Å². The van der Waals surface area contributed by atoms with Crippen molar-refractivity contribution >= 4 is 22.7 Å². The lowest BCUT2D eigenvalue weighted by molar-refractivity contribution is 0.385. The second-order valence-corrected chi connectivity index (χ2v) is 9.49. The Balaban J connectivity index is 1.45. The van der Waals surface area contributed by atoms with Gasteiger partial charge in [-0.05, 0) is 77.3 Å². The summed E-state index contributed by atoms with van der Waals surface area (Å²) in [5.74, 6) is 1.01. The van der Waals surface area contributed by atoms with Gasteiger partial charge < -0.3 is 4.57 Å². The molecule has 0 unspecified atom stereocenters. The lowest BCUT2D eigenvalue weighted by Crippen LogP contribution is -2.06. The van der Waals surface area contributed by atoms with E-state index in [9.17, 15) is 4.79 Å². The summed E-state index contributed by atoms with van der Waals surface area (Å²) >= 11 is 0. The molecule has 3 aromatic carbocycles. The number of hydrogen-bond acceptors (Lipinski definition) is 4. The molecule has 0 saturated heterocycles. The quantitative estimate of drug-likeness (QED) is 0.353. The highest BCUT2D eigenvalue weighted by atomic mass is 16.5. The molecule has 1 N–H and O–H groups in total. The lowest BCUT2D eigenvalue weighted by atomic mass is 9.92. The lowest BCUT2D eigenvalue weighted by Gasteiger charge is -2.14. The van der Waals surface area contributed by atoms with Crippen LogP contribution in [0.1, 0.15) is 58.4 Å². The van der Waals surface area contributed by atoms with E-state index in [4.69, 9.17) is 9.51 Å². The zero-order valence-corrected chi connectivity index (χ0v) is 20.5. The van der Waals surface area contributed by atoms with Crippen LogP contribution in [0, 0.1) is 6.92 Å². The smallest absolute Gasteiger partial charge is 0.323 e. The molecule has 6 rings (SSSR count). The first kappa shape index (κ1) is 22.3. The Bertz CT molecular complexity index is 1670. The molecule has 180 valence electrons. The van der Waals surface area contributed by atoms with Crippen LogP contribution in [-0.4, -0.2) is 19.7 Å². The molecule has 0 bridgehead atoms. The Morgan fingerprint density at radius 3 is 2.69 bits per heavy atom. The van der Waals surface area contributed by atoms with E-state index in [0.717, 1.165) is 60.3 Å². The van der Waals surface area contributed by atoms with Gasteiger partial charge in [0.25, 0.3) is 0 Å². The molecule has 0 spiro atoms. The van der Waals surface area contributed by atoms with Gasteiger partial charge in [0.05, 0.1) is 11.0 Å². The first-order valence-corrected chi connectivity index (χ1v) is 12.5. The van der Waals surface area contributed by atoms with Gasteiger partial charge in [0, 0.05) is 13.0 Å². The number of aromatic amines is 1. The number of fused-ring (bicyclic) bond motifs is 3. The van der Waals surface area contributed by atoms with Crippen molar-refractivity contribution in [2.45, 2.75) is 46.1 Å². The molecular weight excluding hydrogens is 448 g/mol. The monoisotopic (exact) mass is 476 g/mol. The fraction of sp³-hybridized carbons (Fsp3) is 0.233. The predicted molar refractivity (Wildman–Crippen MR) is 142 cm³/mol. The number of benzene rings is 3. The zero-order valence-electron chi connectivity index (χ0n) is 20.5. The second kappa shape index (κ2) is 9.11. The van der Waals surface area contributed by atoms with Crippen LogP contribution in [0.5, 0.6) is 0 Å². The number of hydrogen-bond donors (Lipinski definition) is 1. The molecule has 2 aromatic heterocycles. The number of H-pyrrole nitrogens is 1. The van der Waals surface area contributed by atoms with Crippen molar-refractivity contribution in [1.82, 2.24) is 19.7 Å². The topological polar surface area (TPSA) is 76.7 Å². The molecule has 0 atom stereocenters. The summed E-state index contributed by atoms with van der Waals surface area (Å²) < 4.78 is 7.12. The highest BCUT2D eigenvalue weighted by molar-refractivity contribution is 5.93. The fourth-order valence-electron chi connectivity index (χ4n) is 5.33. The number of para-hydroxylation sites is 1. The molecule has 2 heterocycles. The van der Waals surface area contributed by atoms with Crippen molar-refractivity contribution in [3.05, 3.63) is 116 Å². The third-order valence-electron chi connectivity index (χ3n) is 7.04. The van der Waals surface area contributed by atoms with E-state index < -0.39 is 5.76 Å². The van der Waals surface area contributed by atoms with Crippen LogP contribution in [0.25, 0.3) is 22.7 Å². The van der Waals surface area contributed by atoms with Crippen LogP contribution in [0.15, 0.2) is 70.0 Å². The van der Waals surface area contributed by atoms with E-state index >= 15 is 0 Å². The Morgan fingerprint density at radius 2 is 1.86 bits per heavy atom. The van der Waals surface area contributed by atoms with Crippen LogP contribution in [0.2, 0.25) is 0 Å². The van der Waals surface area contributed by atoms with Crippen molar-refractivity contribution in [3.8, 4) is 0 Å². The van der Waals surface area contributed by atoms with E-state index in [-0.39, 0.29) is 0 Å². The van der Waals surface area contributed by atoms with Gasteiger partial charge in [0.15, 0.2) is 5.82 Å². The molecule has 0 radical (unpaired) electrons. The van der Waals surface area contributed by atoms with E-state index in [1.165, 1.54) is 27.8 Å². The molecule has 0 fully saturated rings. The average Bonchev–Trinajstić information content (AvgIpc) is 3.41. The van der Waals surface area contributed by atoms with E-state index in [1.807, 2.05) is 6.08 Å². The van der Waals surface area contributed by atoms with Gasteiger partial charge in [-0.3, -0.25) is 9.51 Å². The minimum Gasteiger partial charge on any atom is -0.323 e. The SMILES string of the molecule is CCCc1nc2c(C)cccc2n1Cc1ccc2c(c1)CCc1ccccc1/C2=C/c1noc(=O)[nH]1. The first-order valence-electron chi connectivity index (χ1n) is 12.5. The largest absolute Gasteiger partial charge is 0.439 e. The maximum Gasteiger partial charge on any atom is 0.439 e. The van der Waals surface area contributed by atoms with Crippen molar-refractivity contribution in [2.75, 3.05) is 0 Å². The van der Waals surface area contributed by atoms with Crippen LogP contribution in [0.4, 0.5) is 0 Å². The summed E-state index contributed by atoms with van der Waals surface area (Å²) in [6.07, 6.45) is 5.82. The van der Waals surface area contributed by atoms with Gasteiger partial charge in [-0.25, -0.2) is 9.78 Å². The van der Waals surface area contributed by atoms with Gasteiger partial charge in [-0.15, -0.1) is 0 Å². The summed E-state index contributed by atoms with van der Waals surface area (Å²) in [7, 11) is 0. The van der Waals surface area contributed by atoms with Crippen LogP contribution >= 0.6 is 0 Å². The zero-order chi connectivity index (χ0) is 24.6. The van der Waals surface area contributed by atoms with Gasteiger partial charge in [0.1, 0.15) is 5.82 Å². The highest BCUT2D eigenvalue weighted by Gasteiger charge is 2.20. The summed E-state index contributed by atoms with van der Waals surface area (Å²) in [5, 5.41) is 3.89. The third-order valence-corrected chi connectivity index (χ3v) is 7.04. The van der Waals surface area contributed by atoms with Gasteiger partial charge in [0.2, 0.25) is 0 Å². The molecule has 0 aliphatic heterocycles. The molecule has 1 aliphatic carbocycles. The summed E-state index contributed by atoms with van der Waals surface area (Å²) in [6, 6.07) is 21.6. The van der Waals surface area contributed by atoms with Gasteiger partial charge >= 0.3 is 5.76 Å². The van der Waals surface area contributed by atoms with Crippen molar-refractivity contribution in [2.24, 2.45) is 0 Å². The van der Waals surface area contributed by atoms with Crippen molar-refractivity contribution in [3.63, 3.8) is 0 Å². The maximum atomic E-state index is 11.6. The molecule has 5 aromatic rings.